The van der Waals surface area contributed by atoms with Gasteiger partial charge in [0.25, 0.3) is 0 Å². The van der Waals surface area contributed by atoms with E-state index in [0.29, 0.717) is 32.6 Å². The number of hydrogen-bond acceptors (Lipinski definition) is 8. The predicted octanol–water partition coefficient (Wildman–Crippen LogP) is 3.37. The van der Waals surface area contributed by atoms with Crippen LogP contribution in [0.3, 0.4) is 0 Å². The molecule has 4 aromatic rings. The van der Waals surface area contributed by atoms with Gasteiger partial charge in [-0.3, -0.25) is 39.3 Å². The number of likely N-dealkylation sites (N-methyl/N-ethyl adjacent to an activating group) is 1. The number of carbonyl (C=O) groups excluding carboxylic acids is 2. The van der Waals surface area contributed by atoms with Crippen LogP contribution in [0.4, 0.5) is 0 Å². The van der Waals surface area contributed by atoms with Gasteiger partial charge in [-0.2, -0.15) is 0 Å². The maximum Gasteiger partial charge on any atom is 0.242 e. The number of rotatable bonds is 16. The lowest BCUT2D eigenvalue weighted by molar-refractivity contribution is -0.132. The van der Waals surface area contributed by atoms with Crippen LogP contribution in [-0.2, 0) is 35.8 Å². The molecule has 0 unspecified atom stereocenters. The second-order valence-corrected chi connectivity index (χ2v) is 10.4. The van der Waals surface area contributed by atoms with Gasteiger partial charge >= 0.3 is 0 Å². The van der Waals surface area contributed by atoms with Crippen LogP contribution in [-0.4, -0.2) is 67.2 Å². The highest BCUT2D eigenvalue weighted by Crippen LogP contribution is 2.17. The molecule has 0 saturated heterocycles. The summed E-state index contributed by atoms with van der Waals surface area (Å²) in [5.41, 5.74) is 3.64. The van der Waals surface area contributed by atoms with Crippen molar-refractivity contribution in [2.24, 2.45) is 0 Å². The SMILES string of the molecule is CNC(=O)[C@H](C)NC(=O)[C@H](CCCN(Cc1ccccn1)Cc1ccccn1)N(Cc1ccccn1)Cc1ccccn1. The molecular formula is C33H40N8O2. The van der Waals surface area contributed by atoms with Gasteiger partial charge in [-0.1, -0.05) is 24.3 Å². The van der Waals surface area contributed by atoms with Crippen LogP contribution < -0.4 is 10.6 Å². The Labute approximate surface area is 253 Å². The zero-order chi connectivity index (χ0) is 30.3. The van der Waals surface area contributed by atoms with Gasteiger partial charge in [0.05, 0.1) is 28.8 Å². The van der Waals surface area contributed by atoms with E-state index in [1.54, 1.807) is 38.8 Å². The van der Waals surface area contributed by atoms with Crippen molar-refractivity contribution in [2.75, 3.05) is 13.6 Å². The molecule has 0 radical (unpaired) electrons. The van der Waals surface area contributed by atoms with Crippen LogP contribution in [0, 0.1) is 0 Å². The average molecular weight is 581 g/mol. The van der Waals surface area contributed by atoms with Crippen LogP contribution in [0.2, 0.25) is 0 Å². The molecule has 0 spiro atoms. The highest BCUT2D eigenvalue weighted by molar-refractivity contribution is 5.89. The van der Waals surface area contributed by atoms with Crippen molar-refractivity contribution in [3.8, 4) is 0 Å². The zero-order valence-electron chi connectivity index (χ0n) is 24.8. The van der Waals surface area contributed by atoms with Crippen molar-refractivity contribution in [2.45, 2.75) is 58.0 Å². The molecule has 4 rings (SSSR count). The van der Waals surface area contributed by atoms with Crippen molar-refractivity contribution in [1.29, 1.82) is 0 Å². The van der Waals surface area contributed by atoms with E-state index in [2.05, 4.69) is 40.4 Å². The third-order valence-corrected chi connectivity index (χ3v) is 7.10. The van der Waals surface area contributed by atoms with E-state index >= 15 is 0 Å². The highest BCUT2D eigenvalue weighted by Gasteiger charge is 2.29. The molecule has 43 heavy (non-hydrogen) atoms. The fraction of sp³-hybridized carbons (Fsp3) is 0.333. The van der Waals surface area contributed by atoms with Gasteiger partial charge < -0.3 is 10.6 Å². The quantitative estimate of drug-likeness (QED) is 0.207. The van der Waals surface area contributed by atoms with Crippen molar-refractivity contribution in [3.63, 3.8) is 0 Å². The van der Waals surface area contributed by atoms with Gasteiger partial charge in [0, 0.05) is 58.0 Å². The maximum absolute atomic E-state index is 13.8. The van der Waals surface area contributed by atoms with Crippen LogP contribution >= 0.6 is 0 Å². The molecule has 0 aliphatic heterocycles. The number of pyridine rings is 4. The van der Waals surface area contributed by atoms with Gasteiger partial charge in [0.15, 0.2) is 0 Å². The lowest BCUT2D eigenvalue weighted by Gasteiger charge is -2.32. The molecule has 2 N–H and O–H groups in total. The number of nitrogens with zero attached hydrogens (tertiary/aromatic N) is 6. The van der Waals surface area contributed by atoms with E-state index in [1.807, 2.05) is 72.8 Å². The first-order valence-electron chi connectivity index (χ1n) is 14.6. The Balaban J connectivity index is 1.55. The standard InChI is InChI=1S/C33H40N8O2/c1-26(32(42)34-2)39-33(43)31(41(24-29-14-5-9-19-37-29)25-30-15-6-10-20-38-30)16-11-21-40(22-27-12-3-7-17-35-27)23-28-13-4-8-18-36-28/h3-10,12-15,17-20,26,31H,11,16,21-25H2,1-2H3,(H,34,42)(H,39,43)/t26-,31-/m0/s1. The minimum atomic E-state index is -0.670. The summed E-state index contributed by atoms with van der Waals surface area (Å²) in [7, 11) is 1.56. The monoisotopic (exact) mass is 580 g/mol. The Kier molecular flexibility index (Phi) is 12.3. The number of hydrogen-bond donors (Lipinski definition) is 2. The summed E-state index contributed by atoms with van der Waals surface area (Å²) in [5.74, 6) is -0.450. The molecule has 0 aliphatic carbocycles. The number of nitrogens with one attached hydrogen (secondary N) is 2. The van der Waals surface area contributed by atoms with Gasteiger partial charge in [-0.05, 0) is 74.8 Å². The number of carbonyl (C=O) groups is 2. The first-order chi connectivity index (χ1) is 21.0. The molecule has 10 heteroatoms. The molecule has 224 valence electrons. The summed E-state index contributed by atoms with van der Waals surface area (Å²) in [5, 5.41) is 5.55. The zero-order valence-corrected chi connectivity index (χ0v) is 24.8. The van der Waals surface area contributed by atoms with Gasteiger partial charge in [0.2, 0.25) is 11.8 Å². The van der Waals surface area contributed by atoms with Crippen molar-refractivity contribution < 1.29 is 9.59 Å². The first-order valence-corrected chi connectivity index (χ1v) is 14.6. The minimum Gasteiger partial charge on any atom is -0.357 e. The predicted molar refractivity (Wildman–Crippen MR) is 165 cm³/mol. The molecular weight excluding hydrogens is 540 g/mol. The largest absolute Gasteiger partial charge is 0.357 e. The van der Waals surface area contributed by atoms with E-state index in [4.69, 9.17) is 0 Å². The van der Waals surface area contributed by atoms with Crippen LogP contribution in [0.15, 0.2) is 97.6 Å². The molecule has 2 amide bonds. The fourth-order valence-electron chi connectivity index (χ4n) is 4.91. The summed E-state index contributed by atoms with van der Waals surface area (Å²) in [6.07, 6.45) is 8.40. The Morgan fingerprint density at radius 3 is 1.51 bits per heavy atom. The number of amides is 2. The van der Waals surface area contributed by atoms with E-state index in [1.165, 1.54) is 0 Å². The van der Waals surface area contributed by atoms with Crippen molar-refractivity contribution in [3.05, 3.63) is 120 Å². The Bertz CT molecular complexity index is 1290. The third kappa shape index (κ3) is 10.4. The van der Waals surface area contributed by atoms with E-state index in [0.717, 1.165) is 35.7 Å². The maximum atomic E-state index is 13.8. The van der Waals surface area contributed by atoms with Crippen LogP contribution in [0.1, 0.15) is 42.5 Å². The van der Waals surface area contributed by atoms with Crippen LogP contribution in [0.5, 0.6) is 0 Å². The van der Waals surface area contributed by atoms with E-state index in [9.17, 15) is 9.59 Å². The summed E-state index contributed by atoms with van der Waals surface area (Å²) >= 11 is 0. The normalized spacial score (nSPS) is 12.6. The third-order valence-electron chi connectivity index (χ3n) is 7.10. The molecule has 0 saturated carbocycles. The lowest BCUT2D eigenvalue weighted by Crippen LogP contribution is -2.52. The second-order valence-electron chi connectivity index (χ2n) is 10.4. The van der Waals surface area contributed by atoms with Crippen molar-refractivity contribution >= 4 is 11.8 Å². The highest BCUT2D eigenvalue weighted by atomic mass is 16.2. The number of aromatic nitrogens is 4. The topological polar surface area (TPSA) is 116 Å². The summed E-state index contributed by atoms with van der Waals surface area (Å²) in [4.78, 5) is 48.6. The molecule has 4 aromatic heterocycles. The lowest BCUT2D eigenvalue weighted by atomic mass is 10.1. The molecule has 0 fully saturated rings. The molecule has 4 heterocycles. The average Bonchev–Trinajstić information content (AvgIpc) is 3.04. The fourth-order valence-corrected chi connectivity index (χ4v) is 4.91. The molecule has 0 aromatic carbocycles. The van der Waals surface area contributed by atoms with E-state index < -0.39 is 12.1 Å². The smallest absolute Gasteiger partial charge is 0.242 e. The molecule has 10 nitrogen and oxygen atoms in total. The molecule has 2 atom stereocenters. The van der Waals surface area contributed by atoms with Gasteiger partial charge in [-0.15, -0.1) is 0 Å². The first kappa shape index (κ1) is 31.4. The molecule has 0 aliphatic rings. The van der Waals surface area contributed by atoms with Crippen molar-refractivity contribution in [1.82, 2.24) is 40.4 Å². The van der Waals surface area contributed by atoms with Gasteiger partial charge in [-0.25, -0.2) is 0 Å². The Hall–Kier alpha value is -4.54. The van der Waals surface area contributed by atoms with Gasteiger partial charge in [0.1, 0.15) is 6.04 Å². The summed E-state index contributed by atoms with van der Waals surface area (Å²) in [6, 6.07) is 22.2. The van der Waals surface area contributed by atoms with E-state index in [-0.39, 0.29) is 11.8 Å². The molecule has 0 bridgehead atoms. The summed E-state index contributed by atoms with van der Waals surface area (Å²) < 4.78 is 0. The second kappa shape index (κ2) is 16.8. The van der Waals surface area contributed by atoms with Crippen LogP contribution in [0.25, 0.3) is 0 Å². The summed E-state index contributed by atoms with van der Waals surface area (Å²) in [6.45, 7) is 4.64. The minimum absolute atomic E-state index is 0.205. The Morgan fingerprint density at radius 1 is 0.674 bits per heavy atom. The Morgan fingerprint density at radius 2 is 1.12 bits per heavy atom.